The molecule has 1 aromatic carbocycles. The smallest absolute Gasteiger partial charge is 0.285 e. The maximum atomic E-state index is 12.7. The molecule has 0 heterocycles. The van der Waals surface area contributed by atoms with Gasteiger partial charge in [-0.2, -0.15) is 0 Å². The maximum Gasteiger partial charge on any atom is 0.285 e. The number of hydrogen-bond donors (Lipinski definition) is 0. The summed E-state index contributed by atoms with van der Waals surface area (Å²) in [6, 6.07) is 2.46. The second-order valence-electron chi connectivity index (χ2n) is 4.62. The standard InChI is InChI=1S/C14H18F2N2O4S/c1-4-5-17(8-13(15)16)14(19)9-6-12(23-3)11(22-2)7-10(9)18(20)21/h6-7,13H,4-5,8H2,1-3H3. The van der Waals surface area contributed by atoms with E-state index < -0.39 is 29.5 Å². The van der Waals surface area contributed by atoms with Crippen LogP contribution >= 0.6 is 11.8 Å². The van der Waals surface area contributed by atoms with Gasteiger partial charge in [-0.05, 0) is 18.7 Å². The number of nitro groups is 1. The Kier molecular flexibility index (Phi) is 7.21. The van der Waals surface area contributed by atoms with E-state index in [1.54, 1.807) is 13.2 Å². The molecule has 0 unspecified atom stereocenters. The van der Waals surface area contributed by atoms with Crippen LogP contribution in [0.4, 0.5) is 14.5 Å². The molecule has 0 saturated heterocycles. The maximum absolute atomic E-state index is 12.7. The van der Waals surface area contributed by atoms with E-state index in [-0.39, 0.29) is 17.9 Å². The van der Waals surface area contributed by atoms with Gasteiger partial charge in [0, 0.05) is 6.54 Å². The summed E-state index contributed by atoms with van der Waals surface area (Å²) in [6.07, 6.45) is -0.513. The quantitative estimate of drug-likeness (QED) is 0.409. The zero-order valence-corrected chi connectivity index (χ0v) is 13.9. The molecule has 0 aliphatic heterocycles. The van der Waals surface area contributed by atoms with Crippen LogP contribution in [0.25, 0.3) is 0 Å². The fourth-order valence-electron chi connectivity index (χ4n) is 2.07. The third-order valence-corrected chi connectivity index (χ3v) is 3.83. The molecule has 0 N–H and O–H groups in total. The number of thioether (sulfide) groups is 1. The van der Waals surface area contributed by atoms with Crippen molar-refractivity contribution < 1.29 is 23.2 Å². The minimum Gasteiger partial charge on any atom is -0.495 e. The van der Waals surface area contributed by atoms with E-state index in [0.29, 0.717) is 11.3 Å². The zero-order valence-electron chi connectivity index (χ0n) is 13.0. The first kappa shape index (κ1) is 19.1. The van der Waals surface area contributed by atoms with Gasteiger partial charge in [-0.3, -0.25) is 14.9 Å². The summed E-state index contributed by atoms with van der Waals surface area (Å²) in [7, 11) is 1.36. The molecule has 0 bridgehead atoms. The van der Waals surface area contributed by atoms with E-state index in [4.69, 9.17) is 4.74 Å². The minimum atomic E-state index is -2.71. The van der Waals surface area contributed by atoms with Crippen LogP contribution < -0.4 is 4.74 Å². The fraction of sp³-hybridized carbons (Fsp3) is 0.500. The Hall–Kier alpha value is -1.90. The van der Waals surface area contributed by atoms with Gasteiger partial charge < -0.3 is 9.64 Å². The van der Waals surface area contributed by atoms with Gasteiger partial charge in [0.05, 0.1) is 29.5 Å². The number of halogens is 2. The topological polar surface area (TPSA) is 72.7 Å². The van der Waals surface area contributed by atoms with Crippen molar-refractivity contribution in [1.82, 2.24) is 4.90 Å². The molecule has 128 valence electrons. The summed E-state index contributed by atoms with van der Waals surface area (Å²) in [5, 5.41) is 11.2. The summed E-state index contributed by atoms with van der Waals surface area (Å²) in [5.41, 5.74) is -0.672. The molecule has 0 fully saturated rings. The average Bonchev–Trinajstić information content (AvgIpc) is 2.51. The highest BCUT2D eigenvalue weighted by Crippen LogP contribution is 2.35. The number of carbonyl (C=O) groups is 1. The summed E-state index contributed by atoms with van der Waals surface area (Å²) in [5.74, 6) is -0.520. The van der Waals surface area contributed by atoms with Crippen molar-refractivity contribution in [2.45, 2.75) is 24.7 Å². The van der Waals surface area contributed by atoms with Gasteiger partial charge >= 0.3 is 0 Å². The van der Waals surface area contributed by atoms with Crippen molar-refractivity contribution in [3.05, 3.63) is 27.8 Å². The number of hydrogen-bond acceptors (Lipinski definition) is 5. The summed E-state index contributed by atoms with van der Waals surface area (Å²) in [6.45, 7) is 1.08. The predicted molar refractivity (Wildman–Crippen MR) is 83.6 cm³/mol. The van der Waals surface area contributed by atoms with Crippen molar-refractivity contribution in [2.75, 3.05) is 26.5 Å². The molecule has 6 nitrogen and oxygen atoms in total. The molecule has 1 amide bonds. The lowest BCUT2D eigenvalue weighted by Crippen LogP contribution is -2.36. The fourth-order valence-corrected chi connectivity index (χ4v) is 2.65. The lowest BCUT2D eigenvalue weighted by molar-refractivity contribution is -0.385. The Balaban J connectivity index is 3.36. The monoisotopic (exact) mass is 348 g/mol. The predicted octanol–water partition coefficient (Wildman–Crippen LogP) is 3.44. The summed E-state index contributed by atoms with van der Waals surface area (Å²) < 4.78 is 30.4. The Labute approximate surface area is 136 Å². The van der Waals surface area contributed by atoms with Crippen molar-refractivity contribution in [1.29, 1.82) is 0 Å². The van der Waals surface area contributed by atoms with Crippen molar-refractivity contribution >= 4 is 23.4 Å². The molecule has 9 heteroatoms. The van der Waals surface area contributed by atoms with Crippen LogP contribution in [0.3, 0.4) is 0 Å². The largest absolute Gasteiger partial charge is 0.495 e. The van der Waals surface area contributed by atoms with Gasteiger partial charge in [-0.15, -0.1) is 11.8 Å². The highest BCUT2D eigenvalue weighted by molar-refractivity contribution is 7.98. The average molecular weight is 348 g/mol. The number of carbonyl (C=O) groups excluding carboxylic acids is 1. The lowest BCUT2D eigenvalue weighted by Gasteiger charge is -2.22. The van der Waals surface area contributed by atoms with Crippen LogP contribution in [0, 0.1) is 10.1 Å². The highest BCUT2D eigenvalue weighted by Gasteiger charge is 2.28. The molecule has 0 aliphatic rings. The van der Waals surface area contributed by atoms with Crippen molar-refractivity contribution in [2.24, 2.45) is 0 Å². The Morgan fingerprint density at radius 1 is 1.48 bits per heavy atom. The SMILES string of the molecule is CCCN(CC(F)F)C(=O)c1cc(SC)c(OC)cc1[N+](=O)[O-]. The summed E-state index contributed by atoms with van der Waals surface area (Å²) in [4.78, 5) is 24.5. The molecule has 0 atom stereocenters. The van der Waals surface area contributed by atoms with Gasteiger partial charge in [0.2, 0.25) is 0 Å². The third-order valence-electron chi connectivity index (χ3n) is 3.07. The van der Waals surface area contributed by atoms with E-state index >= 15 is 0 Å². The number of alkyl halides is 2. The Bertz CT molecular complexity index is 584. The van der Waals surface area contributed by atoms with Crippen molar-refractivity contribution in [3.8, 4) is 5.75 Å². The number of benzene rings is 1. The molecule has 0 aromatic heterocycles. The highest BCUT2D eigenvalue weighted by atomic mass is 32.2. The molecular formula is C14H18F2N2O4S. The Morgan fingerprint density at radius 3 is 2.57 bits per heavy atom. The first-order valence-corrected chi connectivity index (χ1v) is 8.05. The number of rotatable bonds is 8. The van der Waals surface area contributed by atoms with Gasteiger partial charge in [-0.1, -0.05) is 6.92 Å². The van der Waals surface area contributed by atoms with Gasteiger partial charge in [0.15, 0.2) is 0 Å². The number of nitro benzene ring substituents is 1. The second kappa shape index (κ2) is 8.66. The van der Waals surface area contributed by atoms with E-state index in [0.717, 1.165) is 11.0 Å². The molecule has 0 radical (unpaired) electrons. The normalized spacial score (nSPS) is 10.7. The van der Waals surface area contributed by atoms with E-state index in [9.17, 15) is 23.7 Å². The molecule has 0 spiro atoms. The first-order valence-electron chi connectivity index (χ1n) is 6.83. The Morgan fingerprint density at radius 2 is 2.13 bits per heavy atom. The first-order chi connectivity index (χ1) is 10.8. The number of ether oxygens (including phenoxy) is 1. The summed E-state index contributed by atoms with van der Waals surface area (Å²) >= 11 is 1.24. The van der Waals surface area contributed by atoms with Crippen LogP contribution in [0.2, 0.25) is 0 Å². The zero-order chi connectivity index (χ0) is 17.6. The van der Waals surface area contributed by atoms with Crippen LogP contribution in [0.1, 0.15) is 23.7 Å². The van der Waals surface area contributed by atoms with E-state index in [1.165, 1.54) is 24.9 Å². The molecular weight excluding hydrogens is 330 g/mol. The van der Waals surface area contributed by atoms with Gasteiger partial charge in [0.1, 0.15) is 11.3 Å². The third kappa shape index (κ3) is 4.78. The second-order valence-corrected chi connectivity index (χ2v) is 5.47. The van der Waals surface area contributed by atoms with Crippen molar-refractivity contribution in [3.63, 3.8) is 0 Å². The lowest BCUT2D eigenvalue weighted by atomic mass is 10.1. The van der Waals surface area contributed by atoms with E-state index in [1.807, 2.05) is 0 Å². The number of methoxy groups -OCH3 is 1. The molecule has 1 rings (SSSR count). The van der Waals surface area contributed by atoms with Gasteiger partial charge in [0.25, 0.3) is 18.0 Å². The van der Waals surface area contributed by atoms with Crippen LogP contribution in [-0.2, 0) is 0 Å². The van der Waals surface area contributed by atoms with Crippen LogP contribution in [0.5, 0.6) is 5.75 Å². The van der Waals surface area contributed by atoms with Crippen LogP contribution in [-0.4, -0.2) is 48.6 Å². The minimum absolute atomic E-state index is 0.0982. The number of amides is 1. The van der Waals surface area contributed by atoms with E-state index in [2.05, 4.69) is 0 Å². The molecule has 23 heavy (non-hydrogen) atoms. The molecule has 1 aromatic rings. The number of nitrogens with zero attached hydrogens (tertiary/aromatic N) is 2. The van der Waals surface area contributed by atoms with Crippen LogP contribution in [0.15, 0.2) is 17.0 Å². The van der Waals surface area contributed by atoms with Gasteiger partial charge in [-0.25, -0.2) is 8.78 Å². The molecule has 0 saturated carbocycles. The molecule has 0 aliphatic carbocycles.